The molecule has 1 atom stereocenters. The van der Waals surface area contributed by atoms with Crippen molar-refractivity contribution in [1.29, 1.82) is 0 Å². The molecule has 1 aromatic heterocycles. The van der Waals surface area contributed by atoms with Gasteiger partial charge in [-0.15, -0.1) is 0 Å². The minimum absolute atomic E-state index is 0.104. The molecule has 2 amide bonds. The summed E-state index contributed by atoms with van der Waals surface area (Å²) in [5, 5.41) is 0. The van der Waals surface area contributed by atoms with Crippen molar-refractivity contribution in [2.75, 3.05) is 19.7 Å². The number of fused-ring (bicyclic) bond motifs is 3. The van der Waals surface area contributed by atoms with E-state index < -0.39 is 11.6 Å². The van der Waals surface area contributed by atoms with E-state index in [1.807, 2.05) is 42.5 Å². The van der Waals surface area contributed by atoms with Gasteiger partial charge in [-0.05, 0) is 49.1 Å². The van der Waals surface area contributed by atoms with E-state index in [4.69, 9.17) is 4.74 Å². The van der Waals surface area contributed by atoms with Crippen molar-refractivity contribution in [2.45, 2.75) is 18.5 Å². The van der Waals surface area contributed by atoms with Crippen molar-refractivity contribution >= 4 is 11.8 Å². The fourth-order valence-corrected chi connectivity index (χ4v) is 4.98. The first-order valence-corrected chi connectivity index (χ1v) is 11.2. The minimum atomic E-state index is -1.08. The molecule has 1 saturated carbocycles. The zero-order chi connectivity index (χ0) is 22.6. The Morgan fingerprint density at radius 1 is 1.06 bits per heavy atom. The molecule has 2 fully saturated rings. The summed E-state index contributed by atoms with van der Waals surface area (Å²) >= 11 is 0. The second-order valence-corrected chi connectivity index (χ2v) is 8.78. The Labute approximate surface area is 190 Å². The summed E-state index contributed by atoms with van der Waals surface area (Å²) in [6.07, 6.45) is 3.67. The molecule has 2 aliphatic heterocycles. The van der Waals surface area contributed by atoms with Gasteiger partial charge in [0.1, 0.15) is 5.75 Å². The lowest BCUT2D eigenvalue weighted by molar-refractivity contribution is 0.0375. The first-order valence-electron chi connectivity index (χ1n) is 11.2. The lowest BCUT2D eigenvalue weighted by Crippen LogP contribution is -2.51. The Morgan fingerprint density at radius 2 is 1.85 bits per heavy atom. The summed E-state index contributed by atoms with van der Waals surface area (Å²) in [6, 6.07) is 17.7. The first kappa shape index (κ1) is 19.9. The first-order chi connectivity index (χ1) is 16.1. The van der Waals surface area contributed by atoms with E-state index in [1.165, 1.54) is 31.2 Å². The monoisotopic (exact) mass is 443 g/mol. The zero-order valence-corrected chi connectivity index (χ0v) is 17.9. The fraction of sp³-hybridized carbons (Fsp3) is 0.269. The number of pyridine rings is 1. The topological polar surface area (TPSA) is 62.7 Å². The lowest BCUT2D eigenvalue weighted by Gasteiger charge is -2.40. The smallest absolute Gasteiger partial charge is 0.257 e. The average Bonchev–Trinajstić information content (AvgIpc) is 3.54. The van der Waals surface area contributed by atoms with Crippen LogP contribution >= 0.6 is 0 Å². The number of aromatic nitrogens is 1. The molecular formula is C26H22FN3O3. The molecule has 3 heterocycles. The molecule has 0 radical (unpaired) electrons. The van der Waals surface area contributed by atoms with Crippen molar-refractivity contribution in [3.8, 4) is 5.75 Å². The second-order valence-electron chi connectivity index (χ2n) is 8.78. The van der Waals surface area contributed by atoms with Crippen LogP contribution in [0.3, 0.4) is 0 Å². The minimum Gasteiger partial charge on any atom is -0.493 e. The van der Waals surface area contributed by atoms with Crippen LogP contribution in [0.15, 0.2) is 66.9 Å². The van der Waals surface area contributed by atoms with E-state index >= 15 is 0 Å². The molecular weight excluding hydrogens is 421 g/mol. The molecule has 2 aromatic carbocycles. The maximum Gasteiger partial charge on any atom is 0.257 e. The molecule has 0 N–H and O–H groups in total. The van der Waals surface area contributed by atoms with E-state index in [2.05, 4.69) is 4.98 Å². The predicted molar refractivity (Wildman–Crippen MR) is 118 cm³/mol. The van der Waals surface area contributed by atoms with Crippen LogP contribution in [0.25, 0.3) is 0 Å². The largest absolute Gasteiger partial charge is 0.493 e. The van der Waals surface area contributed by atoms with Gasteiger partial charge in [0, 0.05) is 36.0 Å². The highest BCUT2D eigenvalue weighted by atomic mass is 19.1. The fourth-order valence-electron chi connectivity index (χ4n) is 4.98. The Hall–Kier alpha value is -3.74. The molecule has 33 heavy (non-hydrogen) atoms. The molecule has 166 valence electrons. The van der Waals surface area contributed by atoms with Crippen molar-refractivity contribution in [3.05, 3.63) is 95.1 Å². The normalized spacial score (nSPS) is 21.2. The number of nitrogens with zero attached hydrogens (tertiary/aromatic N) is 3. The summed E-state index contributed by atoms with van der Waals surface area (Å²) in [5.41, 5.74) is 1.36. The third kappa shape index (κ3) is 3.03. The van der Waals surface area contributed by atoms with Gasteiger partial charge in [-0.1, -0.05) is 30.3 Å². The van der Waals surface area contributed by atoms with Crippen molar-refractivity contribution in [2.24, 2.45) is 5.92 Å². The Bertz CT molecular complexity index is 1240. The Kier molecular flexibility index (Phi) is 4.47. The summed E-state index contributed by atoms with van der Waals surface area (Å²) in [6.45, 7) is 1.46. The Balaban J connectivity index is 1.46. The van der Waals surface area contributed by atoms with Crippen LogP contribution in [0.4, 0.5) is 4.39 Å². The van der Waals surface area contributed by atoms with E-state index in [9.17, 15) is 14.0 Å². The van der Waals surface area contributed by atoms with Crippen molar-refractivity contribution in [3.63, 3.8) is 0 Å². The van der Waals surface area contributed by atoms with Crippen LogP contribution < -0.4 is 4.74 Å². The predicted octanol–water partition coefficient (Wildman–Crippen LogP) is 3.82. The maximum absolute atomic E-state index is 13.6. The number of rotatable bonds is 5. The number of hydrogen-bond acceptors (Lipinski definition) is 4. The number of amides is 2. The summed E-state index contributed by atoms with van der Waals surface area (Å²) in [4.78, 5) is 34.1. The van der Waals surface area contributed by atoms with Gasteiger partial charge in [0.2, 0.25) is 5.95 Å². The number of carbonyl (C=O) groups is 2. The summed E-state index contributed by atoms with van der Waals surface area (Å²) in [5.74, 6) is 0.360. The molecule has 3 aromatic rings. The number of halogens is 1. The standard InChI is InChI=1S/C26H22FN3O3/c27-23-12-7-18(15-28-23)24(31)29-13-14-30-25(32)21-3-1-2-4-22(21)26(29,30)19-8-10-20(11-9-19)33-16-17-5-6-17/h1-4,7-12,15,17H,5-6,13-14,16H2. The van der Waals surface area contributed by atoms with Crippen molar-refractivity contribution < 1.29 is 18.7 Å². The highest BCUT2D eigenvalue weighted by Crippen LogP contribution is 2.50. The van der Waals surface area contributed by atoms with E-state index in [0.717, 1.165) is 16.9 Å². The molecule has 6 nitrogen and oxygen atoms in total. The maximum atomic E-state index is 13.6. The molecule has 7 heteroatoms. The van der Waals surface area contributed by atoms with Crippen LogP contribution in [-0.2, 0) is 5.66 Å². The van der Waals surface area contributed by atoms with Crippen LogP contribution in [0, 0.1) is 11.9 Å². The molecule has 0 bridgehead atoms. The van der Waals surface area contributed by atoms with Gasteiger partial charge in [0.25, 0.3) is 11.8 Å². The van der Waals surface area contributed by atoms with Gasteiger partial charge in [-0.2, -0.15) is 4.39 Å². The highest BCUT2D eigenvalue weighted by Gasteiger charge is 2.59. The molecule has 1 aliphatic carbocycles. The quantitative estimate of drug-likeness (QED) is 0.563. The molecule has 3 aliphatic rings. The van der Waals surface area contributed by atoms with Crippen LogP contribution in [0.5, 0.6) is 5.75 Å². The van der Waals surface area contributed by atoms with Crippen LogP contribution in [0.2, 0.25) is 0 Å². The number of ether oxygens (including phenoxy) is 1. The van der Waals surface area contributed by atoms with Crippen LogP contribution in [-0.4, -0.2) is 46.3 Å². The zero-order valence-electron chi connectivity index (χ0n) is 17.9. The van der Waals surface area contributed by atoms with Gasteiger partial charge in [0.15, 0.2) is 5.66 Å². The summed E-state index contributed by atoms with van der Waals surface area (Å²) < 4.78 is 19.3. The van der Waals surface area contributed by atoms with E-state index in [-0.39, 0.29) is 17.4 Å². The number of benzene rings is 2. The third-order valence-electron chi connectivity index (χ3n) is 6.77. The van der Waals surface area contributed by atoms with Gasteiger partial charge < -0.3 is 14.5 Å². The average molecular weight is 443 g/mol. The van der Waals surface area contributed by atoms with Crippen molar-refractivity contribution in [1.82, 2.24) is 14.8 Å². The summed E-state index contributed by atoms with van der Waals surface area (Å²) in [7, 11) is 0. The highest BCUT2D eigenvalue weighted by molar-refractivity contribution is 6.03. The Morgan fingerprint density at radius 3 is 2.58 bits per heavy atom. The number of hydrogen-bond donors (Lipinski definition) is 0. The second kappa shape index (κ2) is 7.40. The van der Waals surface area contributed by atoms with Crippen LogP contribution in [0.1, 0.15) is 44.7 Å². The number of carbonyl (C=O) groups excluding carboxylic acids is 2. The van der Waals surface area contributed by atoms with E-state index in [0.29, 0.717) is 31.2 Å². The third-order valence-corrected chi connectivity index (χ3v) is 6.77. The SMILES string of the molecule is O=C(c1ccc(F)nc1)N1CCN2C(=O)c3ccccc3C12c1ccc(OCC2CC2)cc1. The van der Waals surface area contributed by atoms with Gasteiger partial charge in [-0.3, -0.25) is 9.59 Å². The molecule has 1 saturated heterocycles. The lowest BCUT2D eigenvalue weighted by atomic mass is 9.89. The molecule has 6 rings (SSSR count). The van der Waals surface area contributed by atoms with E-state index in [1.54, 1.807) is 15.9 Å². The van der Waals surface area contributed by atoms with Gasteiger partial charge >= 0.3 is 0 Å². The molecule has 1 unspecified atom stereocenters. The van der Waals surface area contributed by atoms with Gasteiger partial charge in [0.05, 0.1) is 12.2 Å². The molecule has 0 spiro atoms. The van der Waals surface area contributed by atoms with Gasteiger partial charge in [-0.25, -0.2) is 4.98 Å².